The molecule has 2 rings (SSSR count). The first-order valence-electron chi connectivity index (χ1n) is 10.3. The van der Waals surface area contributed by atoms with Crippen LogP contribution in [0.4, 0.5) is 0 Å². The molecule has 2 unspecified atom stereocenters. The normalized spacial score (nSPS) is 14.6. The first kappa shape index (κ1) is 22.7. The van der Waals surface area contributed by atoms with Crippen LogP contribution in [0.3, 0.4) is 0 Å². The minimum absolute atomic E-state index is 0.180. The number of rotatable bonds is 8. The summed E-state index contributed by atoms with van der Waals surface area (Å²) in [4.78, 5) is 19.4. The number of hydrogen-bond acceptors (Lipinski definition) is 4. The molecule has 0 aliphatic carbocycles. The molecule has 0 radical (unpaired) electrons. The maximum Gasteiger partial charge on any atom is 0.227 e. The molecule has 2 heterocycles. The summed E-state index contributed by atoms with van der Waals surface area (Å²) in [5, 5.41) is 7.46. The van der Waals surface area contributed by atoms with Gasteiger partial charge in [0.2, 0.25) is 5.91 Å². The lowest BCUT2D eigenvalue weighted by Gasteiger charge is -2.37. The highest BCUT2D eigenvalue weighted by atomic mass is 16.2. The second-order valence-corrected chi connectivity index (χ2v) is 8.83. The lowest BCUT2D eigenvalue weighted by molar-refractivity contribution is -0.141. The van der Waals surface area contributed by atoms with E-state index < -0.39 is 0 Å². The molecule has 2 aromatic rings. The summed E-state index contributed by atoms with van der Waals surface area (Å²) < 4.78 is 2.20. The number of nitrogens with two attached hydrogens (primary N) is 1. The summed E-state index contributed by atoms with van der Waals surface area (Å²) in [7, 11) is 1.93. The van der Waals surface area contributed by atoms with Gasteiger partial charge in [0.05, 0.1) is 16.7 Å². The van der Waals surface area contributed by atoms with Crippen molar-refractivity contribution in [1.29, 1.82) is 5.41 Å². The Morgan fingerprint density at radius 2 is 2.03 bits per heavy atom. The topological polar surface area (TPSA) is 88.0 Å². The molecular weight excluding hydrogens is 362 g/mol. The number of hydrogen-bond donors (Lipinski definition) is 2. The average molecular weight is 398 g/mol. The van der Waals surface area contributed by atoms with E-state index in [1.807, 2.05) is 57.1 Å². The van der Waals surface area contributed by atoms with Crippen LogP contribution in [0.2, 0.25) is 0 Å². The van der Waals surface area contributed by atoms with Gasteiger partial charge in [-0.2, -0.15) is 0 Å². The van der Waals surface area contributed by atoms with Gasteiger partial charge in [-0.15, -0.1) is 0 Å². The van der Waals surface area contributed by atoms with Gasteiger partial charge in [-0.3, -0.25) is 4.79 Å². The quantitative estimate of drug-likeness (QED) is 0.651. The fraction of sp³-hybridized carbons (Fsp3) is 0.522. The standard InChI is InChI=1S/C23H35N5O/c1-7-8-20(27(6)22(29)23(3,4)5)16(2)15-28-12-11-19-21(28)10-9-18(26-19)17(13-24)14-25/h9-14,16,20,24H,7-8,15,25H2,1-6H3/b17-14+,24-13?. The Balaban J connectivity index is 2.27. The molecule has 0 aromatic carbocycles. The molecule has 0 bridgehead atoms. The highest BCUT2D eigenvalue weighted by Crippen LogP contribution is 2.26. The summed E-state index contributed by atoms with van der Waals surface area (Å²) in [5.41, 5.74) is 8.41. The van der Waals surface area contributed by atoms with Gasteiger partial charge in [0, 0.05) is 49.2 Å². The number of amides is 1. The Morgan fingerprint density at radius 3 is 2.59 bits per heavy atom. The van der Waals surface area contributed by atoms with Crippen molar-refractivity contribution in [3.8, 4) is 0 Å². The minimum atomic E-state index is -0.385. The van der Waals surface area contributed by atoms with Crippen LogP contribution in [0, 0.1) is 16.7 Å². The van der Waals surface area contributed by atoms with Crippen molar-refractivity contribution in [3.05, 3.63) is 36.3 Å². The maximum atomic E-state index is 12.8. The van der Waals surface area contributed by atoms with E-state index >= 15 is 0 Å². The molecule has 3 N–H and O–H groups in total. The largest absolute Gasteiger partial charge is 0.404 e. The zero-order chi connectivity index (χ0) is 21.8. The van der Waals surface area contributed by atoms with Crippen LogP contribution in [-0.4, -0.2) is 39.7 Å². The number of allylic oxidation sites excluding steroid dienone is 1. The monoisotopic (exact) mass is 397 g/mol. The van der Waals surface area contributed by atoms with Crippen LogP contribution in [0.1, 0.15) is 53.2 Å². The minimum Gasteiger partial charge on any atom is -0.404 e. The lowest BCUT2D eigenvalue weighted by Crippen LogP contribution is -2.46. The number of carbonyl (C=O) groups is 1. The number of pyridine rings is 1. The van der Waals surface area contributed by atoms with Gasteiger partial charge in [0.1, 0.15) is 0 Å². The van der Waals surface area contributed by atoms with Crippen LogP contribution in [-0.2, 0) is 11.3 Å². The maximum absolute atomic E-state index is 12.8. The van der Waals surface area contributed by atoms with Crippen molar-refractivity contribution >= 4 is 28.7 Å². The molecule has 1 amide bonds. The SMILES string of the molecule is CCCC(C(C)Cn1ccc2nc(/C(C=N)=C/N)ccc21)N(C)C(=O)C(C)(C)C. The van der Waals surface area contributed by atoms with E-state index in [1.165, 1.54) is 12.4 Å². The Labute approximate surface area is 174 Å². The third kappa shape index (κ3) is 5.05. The fourth-order valence-electron chi connectivity index (χ4n) is 3.87. The second kappa shape index (κ2) is 9.25. The molecule has 6 heteroatoms. The Morgan fingerprint density at radius 1 is 1.34 bits per heavy atom. The predicted molar refractivity (Wildman–Crippen MR) is 121 cm³/mol. The molecule has 0 spiro atoms. The molecule has 29 heavy (non-hydrogen) atoms. The van der Waals surface area contributed by atoms with E-state index in [-0.39, 0.29) is 17.4 Å². The van der Waals surface area contributed by atoms with Gasteiger partial charge in [-0.25, -0.2) is 4.98 Å². The Hall–Kier alpha value is -2.63. The first-order valence-corrected chi connectivity index (χ1v) is 10.3. The van der Waals surface area contributed by atoms with E-state index in [4.69, 9.17) is 11.1 Å². The van der Waals surface area contributed by atoms with Crippen LogP contribution < -0.4 is 5.73 Å². The van der Waals surface area contributed by atoms with Crippen molar-refractivity contribution in [2.45, 2.75) is 60.0 Å². The van der Waals surface area contributed by atoms with Crippen molar-refractivity contribution in [2.75, 3.05) is 7.05 Å². The number of fused-ring (bicyclic) bond motifs is 1. The van der Waals surface area contributed by atoms with E-state index in [2.05, 4.69) is 23.4 Å². The average Bonchev–Trinajstić information content (AvgIpc) is 3.07. The van der Waals surface area contributed by atoms with Crippen molar-refractivity contribution < 1.29 is 4.79 Å². The summed E-state index contributed by atoms with van der Waals surface area (Å²) in [6.45, 7) is 11.1. The van der Waals surface area contributed by atoms with Gasteiger partial charge in [0.15, 0.2) is 0 Å². The number of nitrogens with one attached hydrogen (secondary N) is 1. The van der Waals surface area contributed by atoms with Gasteiger partial charge >= 0.3 is 0 Å². The molecule has 2 atom stereocenters. The third-order valence-corrected chi connectivity index (χ3v) is 5.44. The second-order valence-electron chi connectivity index (χ2n) is 8.83. The van der Waals surface area contributed by atoms with Crippen LogP contribution in [0.5, 0.6) is 0 Å². The van der Waals surface area contributed by atoms with E-state index in [9.17, 15) is 4.79 Å². The van der Waals surface area contributed by atoms with Crippen molar-refractivity contribution in [2.24, 2.45) is 17.1 Å². The summed E-state index contributed by atoms with van der Waals surface area (Å²) in [6.07, 6.45) is 6.67. The molecule has 0 saturated heterocycles. The smallest absolute Gasteiger partial charge is 0.227 e. The summed E-state index contributed by atoms with van der Waals surface area (Å²) in [5.74, 6) is 0.474. The Bertz CT molecular complexity index is 890. The molecular formula is C23H35N5O. The molecule has 6 nitrogen and oxygen atoms in total. The van der Waals surface area contributed by atoms with E-state index in [0.29, 0.717) is 17.2 Å². The lowest BCUT2D eigenvalue weighted by atomic mass is 9.90. The number of carbonyl (C=O) groups excluding carboxylic acids is 1. The van der Waals surface area contributed by atoms with Crippen LogP contribution >= 0.6 is 0 Å². The van der Waals surface area contributed by atoms with Gasteiger partial charge < -0.3 is 20.6 Å². The molecule has 158 valence electrons. The van der Waals surface area contributed by atoms with Crippen molar-refractivity contribution in [1.82, 2.24) is 14.5 Å². The van der Waals surface area contributed by atoms with Crippen LogP contribution in [0.15, 0.2) is 30.6 Å². The van der Waals surface area contributed by atoms with Gasteiger partial charge in [0.25, 0.3) is 0 Å². The number of aromatic nitrogens is 2. The third-order valence-electron chi connectivity index (χ3n) is 5.44. The first-order chi connectivity index (χ1) is 13.6. The zero-order valence-electron chi connectivity index (χ0n) is 18.6. The van der Waals surface area contributed by atoms with Crippen LogP contribution in [0.25, 0.3) is 16.6 Å². The summed E-state index contributed by atoms with van der Waals surface area (Å²) >= 11 is 0. The highest BCUT2D eigenvalue weighted by molar-refractivity contribution is 6.07. The fourth-order valence-corrected chi connectivity index (χ4v) is 3.87. The van der Waals surface area contributed by atoms with Gasteiger partial charge in [-0.05, 0) is 30.5 Å². The number of nitrogens with zero attached hydrogens (tertiary/aromatic N) is 3. The summed E-state index contributed by atoms with van der Waals surface area (Å²) in [6, 6.07) is 6.09. The molecule has 0 aliphatic heterocycles. The molecule has 2 aromatic heterocycles. The zero-order valence-corrected chi connectivity index (χ0v) is 18.6. The van der Waals surface area contributed by atoms with E-state index in [1.54, 1.807) is 0 Å². The Kier molecular flexibility index (Phi) is 7.22. The van der Waals surface area contributed by atoms with Crippen molar-refractivity contribution in [3.63, 3.8) is 0 Å². The van der Waals surface area contributed by atoms with E-state index in [0.717, 1.165) is 30.4 Å². The highest BCUT2D eigenvalue weighted by Gasteiger charge is 2.31. The van der Waals surface area contributed by atoms with Gasteiger partial charge in [-0.1, -0.05) is 41.0 Å². The molecule has 0 aliphatic rings. The molecule has 0 fully saturated rings. The molecule has 0 saturated carbocycles. The predicted octanol–water partition coefficient (Wildman–Crippen LogP) is 4.29.